The summed E-state index contributed by atoms with van der Waals surface area (Å²) in [5.41, 5.74) is -0.460. The topological polar surface area (TPSA) is 63.2 Å². The van der Waals surface area contributed by atoms with E-state index in [-0.39, 0.29) is 4.90 Å². The average molecular weight is 348 g/mol. The molecule has 0 saturated heterocycles. The summed E-state index contributed by atoms with van der Waals surface area (Å²) in [6, 6.07) is 6.35. The van der Waals surface area contributed by atoms with E-state index in [0.29, 0.717) is 4.47 Å². The first-order chi connectivity index (χ1) is 8.54. The van der Waals surface area contributed by atoms with Crippen LogP contribution in [-0.2, 0) is 14.6 Å². The fraction of sp³-hybridized carbons (Fsp3) is 0.462. The zero-order valence-electron chi connectivity index (χ0n) is 11.4. The molecule has 6 heteroatoms. The summed E-state index contributed by atoms with van der Waals surface area (Å²) in [7, 11) is -3.68. The zero-order chi connectivity index (χ0) is 14.8. The van der Waals surface area contributed by atoms with Crippen molar-refractivity contribution in [1.82, 2.24) is 5.32 Å². The molecule has 1 aromatic rings. The third-order valence-corrected chi connectivity index (χ3v) is 5.01. The predicted octanol–water partition coefficient (Wildman–Crippen LogP) is 2.53. The van der Waals surface area contributed by atoms with E-state index >= 15 is 0 Å². The van der Waals surface area contributed by atoms with Crippen molar-refractivity contribution >= 4 is 31.7 Å². The molecule has 0 saturated carbocycles. The fourth-order valence-electron chi connectivity index (χ4n) is 1.46. The van der Waals surface area contributed by atoms with Crippen LogP contribution in [-0.4, -0.2) is 25.1 Å². The Morgan fingerprint density at radius 3 is 2.37 bits per heavy atom. The fourth-order valence-corrected chi connectivity index (χ4v) is 3.32. The Morgan fingerprint density at radius 1 is 1.32 bits per heavy atom. The van der Waals surface area contributed by atoms with Crippen LogP contribution < -0.4 is 5.32 Å². The number of carbonyl (C=O) groups excluding carboxylic acids is 1. The number of amides is 1. The van der Waals surface area contributed by atoms with Gasteiger partial charge in [-0.25, -0.2) is 8.42 Å². The number of halogens is 1. The monoisotopic (exact) mass is 347 g/mol. The quantitative estimate of drug-likeness (QED) is 0.913. The van der Waals surface area contributed by atoms with E-state index in [4.69, 9.17) is 0 Å². The van der Waals surface area contributed by atoms with Gasteiger partial charge in [0.15, 0.2) is 9.84 Å². The van der Waals surface area contributed by atoms with E-state index < -0.39 is 26.5 Å². The molecule has 1 rings (SSSR count). The smallest absolute Gasteiger partial charge is 0.238 e. The Balaban J connectivity index is 3.04. The average Bonchev–Trinajstić information content (AvgIpc) is 2.25. The third-order valence-electron chi connectivity index (χ3n) is 2.46. The maximum Gasteiger partial charge on any atom is 0.238 e. The Morgan fingerprint density at radius 2 is 1.89 bits per heavy atom. The van der Waals surface area contributed by atoms with Gasteiger partial charge >= 0.3 is 0 Å². The van der Waals surface area contributed by atoms with Gasteiger partial charge in [0.1, 0.15) is 5.25 Å². The highest BCUT2D eigenvalue weighted by Crippen LogP contribution is 2.20. The van der Waals surface area contributed by atoms with Gasteiger partial charge < -0.3 is 5.32 Å². The normalized spacial score (nSPS) is 13.9. The second kappa shape index (κ2) is 5.63. The van der Waals surface area contributed by atoms with Crippen LogP contribution in [0.15, 0.2) is 33.6 Å². The molecule has 0 unspecified atom stereocenters. The second-order valence-corrected chi connectivity index (χ2v) is 8.57. The van der Waals surface area contributed by atoms with Crippen molar-refractivity contribution in [3.8, 4) is 0 Å². The third kappa shape index (κ3) is 4.31. The minimum Gasteiger partial charge on any atom is -0.350 e. The maximum atomic E-state index is 12.3. The molecule has 0 aliphatic carbocycles. The van der Waals surface area contributed by atoms with Gasteiger partial charge in [-0.05, 0) is 45.9 Å². The lowest BCUT2D eigenvalue weighted by molar-refractivity contribution is -0.121. The number of rotatable bonds is 3. The minimum absolute atomic E-state index is 0.137. The maximum absolute atomic E-state index is 12.3. The van der Waals surface area contributed by atoms with Crippen molar-refractivity contribution in [3.63, 3.8) is 0 Å². The first-order valence-electron chi connectivity index (χ1n) is 5.85. The van der Waals surface area contributed by atoms with Crippen molar-refractivity contribution in [3.05, 3.63) is 28.7 Å². The molecular formula is C13H18BrNO3S. The number of carbonyl (C=O) groups is 1. The van der Waals surface area contributed by atoms with E-state index in [1.165, 1.54) is 19.1 Å². The molecule has 0 bridgehead atoms. The summed E-state index contributed by atoms with van der Waals surface area (Å²) in [5.74, 6) is -0.493. The lowest BCUT2D eigenvalue weighted by atomic mass is 10.1. The number of hydrogen-bond donors (Lipinski definition) is 1. The SMILES string of the molecule is C[C@@H](C(=O)NC(C)(C)C)S(=O)(=O)c1cccc(Br)c1. The van der Waals surface area contributed by atoms with Crippen LogP contribution in [0.5, 0.6) is 0 Å². The molecule has 1 atom stereocenters. The first kappa shape index (κ1) is 16.2. The molecule has 0 radical (unpaired) electrons. The Labute approximate surface area is 122 Å². The van der Waals surface area contributed by atoms with Crippen molar-refractivity contribution in [2.75, 3.05) is 0 Å². The van der Waals surface area contributed by atoms with Gasteiger partial charge in [-0.2, -0.15) is 0 Å². The largest absolute Gasteiger partial charge is 0.350 e. The summed E-state index contributed by atoms with van der Waals surface area (Å²) in [5, 5.41) is 1.56. The van der Waals surface area contributed by atoms with Gasteiger partial charge in [0.25, 0.3) is 0 Å². The summed E-state index contributed by atoms with van der Waals surface area (Å²) >= 11 is 3.22. The Bertz CT molecular complexity index is 576. The molecule has 0 spiro atoms. The number of hydrogen-bond acceptors (Lipinski definition) is 3. The van der Waals surface area contributed by atoms with Crippen molar-refractivity contribution in [1.29, 1.82) is 0 Å². The minimum atomic E-state index is -3.68. The molecule has 0 heterocycles. The zero-order valence-corrected chi connectivity index (χ0v) is 13.8. The lowest BCUT2D eigenvalue weighted by Crippen LogP contribution is -2.47. The molecular weight excluding hydrogens is 330 g/mol. The molecule has 19 heavy (non-hydrogen) atoms. The predicted molar refractivity (Wildman–Crippen MR) is 78.7 cm³/mol. The number of nitrogens with one attached hydrogen (secondary N) is 1. The molecule has 1 N–H and O–H groups in total. The standard InChI is InChI=1S/C13H18BrNO3S/c1-9(12(16)15-13(2,3)4)19(17,18)11-7-5-6-10(14)8-11/h5-9H,1-4H3,(H,15,16)/t9-/m0/s1. The summed E-state index contributed by atoms with van der Waals surface area (Å²) in [6.07, 6.45) is 0. The van der Waals surface area contributed by atoms with Gasteiger partial charge in [-0.1, -0.05) is 22.0 Å². The van der Waals surface area contributed by atoms with Gasteiger partial charge in [0.05, 0.1) is 4.90 Å². The molecule has 0 aliphatic rings. The van der Waals surface area contributed by atoms with Crippen LogP contribution in [0.3, 0.4) is 0 Å². The van der Waals surface area contributed by atoms with E-state index in [1.54, 1.807) is 12.1 Å². The van der Waals surface area contributed by atoms with Crippen molar-refractivity contribution < 1.29 is 13.2 Å². The van der Waals surface area contributed by atoms with Gasteiger partial charge in [0, 0.05) is 10.0 Å². The van der Waals surface area contributed by atoms with E-state index in [0.717, 1.165) is 0 Å². The molecule has 0 aromatic heterocycles. The molecule has 1 amide bonds. The summed E-state index contributed by atoms with van der Waals surface area (Å²) < 4.78 is 25.3. The van der Waals surface area contributed by atoms with Crippen LogP contribution in [0.25, 0.3) is 0 Å². The van der Waals surface area contributed by atoms with Gasteiger partial charge in [-0.15, -0.1) is 0 Å². The van der Waals surface area contributed by atoms with Crippen LogP contribution in [0.1, 0.15) is 27.7 Å². The van der Waals surface area contributed by atoms with E-state index in [9.17, 15) is 13.2 Å². The molecule has 4 nitrogen and oxygen atoms in total. The molecule has 0 fully saturated rings. The molecule has 106 valence electrons. The number of sulfone groups is 1. The lowest BCUT2D eigenvalue weighted by Gasteiger charge is -2.23. The highest BCUT2D eigenvalue weighted by molar-refractivity contribution is 9.10. The first-order valence-corrected chi connectivity index (χ1v) is 8.19. The Hall–Kier alpha value is -0.880. The highest BCUT2D eigenvalue weighted by Gasteiger charge is 2.31. The summed E-state index contributed by atoms with van der Waals surface area (Å²) in [6.45, 7) is 6.83. The van der Waals surface area contributed by atoms with Crippen molar-refractivity contribution in [2.24, 2.45) is 0 Å². The Kier molecular flexibility index (Phi) is 4.79. The van der Waals surface area contributed by atoms with Crippen LogP contribution in [0.2, 0.25) is 0 Å². The number of benzene rings is 1. The summed E-state index contributed by atoms with van der Waals surface area (Å²) in [4.78, 5) is 12.1. The van der Waals surface area contributed by atoms with E-state index in [1.807, 2.05) is 20.8 Å². The van der Waals surface area contributed by atoms with Crippen LogP contribution in [0, 0.1) is 0 Å². The van der Waals surface area contributed by atoms with Gasteiger partial charge in [-0.3, -0.25) is 4.79 Å². The highest BCUT2D eigenvalue weighted by atomic mass is 79.9. The molecule has 1 aromatic carbocycles. The van der Waals surface area contributed by atoms with Gasteiger partial charge in [0.2, 0.25) is 5.91 Å². The van der Waals surface area contributed by atoms with E-state index in [2.05, 4.69) is 21.2 Å². The van der Waals surface area contributed by atoms with Crippen LogP contribution >= 0.6 is 15.9 Å². The van der Waals surface area contributed by atoms with Crippen molar-refractivity contribution in [2.45, 2.75) is 43.4 Å². The van der Waals surface area contributed by atoms with Crippen LogP contribution in [0.4, 0.5) is 0 Å². The second-order valence-electron chi connectivity index (χ2n) is 5.38. The molecule has 0 aliphatic heterocycles.